The zero-order valence-corrected chi connectivity index (χ0v) is 10.6. The maximum atomic E-state index is 11.2. The normalized spacial score (nSPS) is 14.3. The minimum atomic E-state index is -0.972. The second-order valence-corrected chi connectivity index (χ2v) is 4.52. The van der Waals surface area contributed by atoms with Gasteiger partial charge in [-0.3, -0.25) is 0 Å². The number of aromatic carboxylic acids is 1. The highest BCUT2D eigenvalue weighted by Gasteiger charge is 2.26. The Morgan fingerprint density at radius 1 is 1.37 bits per heavy atom. The number of hydrogen-bond acceptors (Lipinski definition) is 4. The van der Waals surface area contributed by atoms with Crippen molar-refractivity contribution in [2.75, 3.05) is 11.4 Å². The molecule has 6 nitrogen and oxygen atoms in total. The zero-order chi connectivity index (χ0) is 13.4. The lowest BCUT2D eigenvalue weighted by molar-refractivity contribution is 0.0689. The Labute approximate surface area is 110 Å². The summed E-state index contributed by atoms with van der Waals surface area (Å²) >= 11 is 0. The molecule has 0 radical (unpaired) electrons. The standard InChI is InChI=1S/C13H14N4O2/c1-9-15-12(13(18)19)10-8-16(6-7-17(9)10)11-4-2-3-5-14-11/h2-5H,6-8H2,1H3,(H,18,19). The van der Waals surface area contributed by atoms with E-state index in [0.717, 1.165) is 30.4 Å². The molecule has 0 spiro atoms. The molecule has 0 bridgehead atoms. The average molecular weight is 258 g/mol. The Bertz CT molecular complexity index is 621. The summed E-state index contributed by atoms with van der Waals surface area (Å²) in [7, 11) is 0. The Morgan fingerprint density at radius 3 is 2.89 bits per heavy atom. The summed E-state index contributed by atoms with van der Waals surface area (Å²) in [6.07, 6.45) is 1.74. The third-order valence-electron chi connectivity index (χ3n) is 3.37. The number of pyridine rings is 1. The minimum Gasteiger partial charge on any atom is -0.476 e. The van der Waals surface area contributed by atoms with Crippen LogP contribution in [-0.2, 0) is 13.1 Å². The lowest BCUT2D eigenvalue weighted by atomic mass is 10.2. The fourth-order valence-corrected chi connectivity index (χ4v) is 2.45. The van der Waals surface area contributed by atoms with E-state index in [-0.39, 0.29) is 5.69 Å². The fraction of sp³-hybridized carbons (Fsp3) is 0.308. The molecule has 0 saturated heterocycles. The van der Waals surface area contributed by atoms with Gasteiger partial charge in [-0.2, -0.15) is 0 Å². The van der Waals surface area contributed by atoms with E-state index < -0.39 is 5.97 Å². The molecule has 0 atom stereocenters. The van der Waals surface area contributed by atoms with Crippen LogP contribution in [0, 0.1) is 6.92 Å². The molecule has 0 amide bonds. The molecule has 1 N–H and O–H groups in total. The summed E-state index contributed by atoms with van der Waals surface area (Å²) in [6, 6.07) is 5.72. The largest absolute Gasteiger partial charge is 0.476 e. The van der Waals surface area contributed by atoms with E-state index >= 15 is 0 Å². The number of nitrogens with zero attached hydrogens (tertiary/aromatic N) is 4. The van der Waals surface area contributed by atoms with Gasteiger partial charge in [0.05, 0.1) is 12.2 Å². The molecule has 3 rings (SSSR count). The summed E-state index contributed by atoms with van der Waals surface area (Å²) in [5, 5.41) is 9.20. The van der Waals surface area contributed by atoms with Gasteiger partial charge in [0.2, 0.25) is 0 Å². The smallest absolute Gasteiger partial charge is 0.356 e. The van der Waals surface area contributed by atoms with Crippen LogP contribution in [0.3, 0.4) is 0 Å². The molecule has 19 heavy (non-hydrogen) atoms. The van der Waals surface area contributed by atoms with Crippen LogP contribution in [0.25, 0.3) is 0 Å². The lowest BCUT2D eigenvalue weighted by Gasteiger charge is -2.29. The number of rotatable bonds is 2. The lowest BCUT2D eigenvalue weighted by Crippen LogP contribution is -2.35. The molecule has 1 aliphatic rings. The van der Waals surface area contributed by atoms with Gasteiger partial charge in [-0.1, -0.05) is 6.07 Å². The number of fused-ring (bicyclic) bond motifs is 1. The Morgan fingerprint density at radius 2 is 2.21 bits per heavy atom. The maximum absolute atomic E-state index is 11.2. The Balaban J connectivity index is 1.97. The second-order valence-electron chi connectivity index (χ2n) is 4.52. The molecule has 0 unspecified atom stereocenters. The van der Waals surface area contributed by atoms with Gasteiger partial charge >= 0.3 is 5.97 Å². The van der Waals surface area contributed by atoms with Crippen molar-refractivity contribution in [3.63, 3.8) is 0 Å². The maximum Gasteiger partial charge on any atom is 0.356 e. The van der Waals surface area contributed by atoms with Gasteiger partial charge in [-0.15, -0.1) is 0 Å². The summed E-state index contributed by atoms with van der Waals surface area (Å²) in [5.74, 6) is 0.650. The van der Waals surface area contributed by atoms with E-state index in [1.807, 2.05) is 29.7 Å². The number of aromatic nitrogens is 3. The van der Waals surface area contributed by atoms with Crippen LogP contribution >= 0.6 is 0 Å². The number of carboxylic acids is 1. The topological polar surface area (TPSA) is 71.2 Å². The van der Waals surface area contributed by atoms with Crippen molar-refractivity contribution in [3.8, 4) is 0 Å². The number of imidazole rings is 1. The van der Waals surface area contributed by atoms with Gasteiger partial charge in [-0.25, -0.2) is 14.8 Å². The molecular weight excluding hydrogens is 244 g/mol. The molecule has 98 valence electrons. The number of anilines is 1. The van der Waals surface area contributed by atoms with Crippen LogP contribution in [0.5, 0.6) is 0 Å². The molecule has 0 fully saturated rings. The average Bonchev–Trinajstić information content (AvgIpc) is 2.77. The molecule has 0 saturated carbocycles. The van der Waals surface area contributed by atoms with E-state index in [9.17, 15) is 9.90 Å². The predicted molar refractivity (Wildman–Crippen MR) is 69.2 cm³/mol. The van der Waals surface area contributed by atoms with E-state index in [1.165, 1.54) is 0 Å². The fourth-order valence-electron chi connectivity index (χ4n) is 2.45. The van der Waals surface area contributed by atoms with E-state index in [0.29, 0.717) is 6.54 Å². The van der Waals surface area contributed by atoms with Crippen LogP contribution < -0.4 is 4.90 Å². The third-order valence-corrected chi connectivity index (χ3v) is 3.37. The van der Waals surface area contributed by atoms with Gasteiger partial charge < -0.3 is 14.6 Å². The van der Waals surface area contributed by atoms with Crippen molar-refractivity contribution in [3.05, 3.63) is 41.6 Å². The molecule has 1 aliphatic heterocycles. The molecule has 0 aliphatic carbocycles. The van der Waals surface area contributed by atoms with Gasteiger partial charge in [-0.05, 0) is 19.1 Å². The molecule has 3 heterocycles. The first-order chi connectivity index (χ1) is 9.16. The first kappa shape index (κ1) is 11.7. The van der Waals surface area contributed by atoms with Crippen molar-refractivity contribution in [1.29, 1.82) is 0 Å². The van der Waals surface area contributed by atoms with Crippen molar-refractivity contribution in [2.24, 2.45) is 0 Å². The number of hydrogen-bond donors (Lipinski definition) is 1. The van der Waals surface area contributed by atoms with Crippen molar-refractivity contribution < 1.29 is 9.90 Å². The summed E-state index contributed by atoms with van der Waals surface area (Å²) < 4.78 is 1.98. The predicted octanol–water partition coefficient (Wildman–Crippen LogP) is 1.30. The highest BCUT2D eigenvalue weighted by molar-refractivity contribution is 5.87. The quantitative estimate of drug-likeness (QED) is 0.879. The number of carbonyl (C=O) groups is 1. The zero-order valence-electron chi connectivity index (χ0n) is 10.6. The van der Waals surface area contributed by atoms with E-state index in [2.05, 4.69) is 14.9 Å². The van der Waals surface area contributed by atoms with Crippen LogP contribution in [-0.4, -0.2) is 32.2 Å². The highest BCUT2D eigenvalue weighted by atomic mass is 16.4. The first-order valence-corrected chi connectivity index (χ1v) is 6.12. The van der Waals surface area contributed by atoms with E-state index in [4.69, 9.17) is 0 Å². The molecule has 2 aromatic heterocycles. The van der Waals surface area contributed by atoms with Crippen LogP contribution in [0.15, 0.2) is 24.4 Å². The number of aryl methyl sites for hydroxylation is 1. The van der Waals surface area contributed by atoms with Gasteiger partial charge in [0.15, 0.2) is 5.69 Å². The Kier molecular flexibility index (Phi) is 2.70. The van der Waals surface area contributed by atoms with Crippen molar-refractivity contribution in [2.45, 2.75) is 20.0 Å². The highest BCUT2D eigenvalue weighted by Crippen LogP contribution is 2.22. The summed E-state index contributed by atoms with van der Waals surface area (Å²) in [4.78, 5) is 21.7. The minimum absolute atomic E-state index is 0.151. The molecular formula is C13H14N4O2. The first-order valence-electron chi connectivity index (χ1n) is 6.12. The van der Waals surface area contributed by atoms with Gasteiger partial charge in [0.25, 0.3) is 0 Å². The van der Waals surface area contributed by atoms with Crippen LogP contribution in [0.2, 0.25) is 0 Å². The third kappa shape index (κ3) is 1.95. The summed E-state index contributed by atoms with van der Waals surface area (Å²) in [6.45, 7) is 3.91. The van der Waals surface area contributed by atoms with Gasteiger partial charge in [0.1, 0.15) is 11.6 Å². The number of carboxylic acid groups (broad SMARTS) is 1. The van der Waals surface area contributed by atoms with Gasteiger partial charge in [0, 0.05) is 19.3 Å². The molecule has 0 aromatic carbocycles. The van der Waals surface area contributed by atoms with Crippen molar-refractivity contribution >= 4 is 11.8 Å². The van der Waals surface area contributed by atoms with E-state index in [1.54, 1.807) is 6.20 Å². The van der Waals surface area contributed by atoms with Crippen molar-refractivity contribution in [1.82, 2.24) is 14.5 Å². The Hall–Kier alpha value is -2.37. The molecule has 2 aromatic rings. The second kappa shape index (κ2) is 4.38. The monoisotopic (exact) mass is 258 g/mol. The van der Waals surface area contributed by atoms with Crippen LogP contribution in [0.1, 0.15) is 22.0 Å². The SMILES string of the molecule is Cc1nc(C(=O)O)c2n1CCN(c1ccccn1)C2. The van der Waals surface area contributed by atoms with Crippen LogP contribution in [0.4, 0.5) is 5.82 Å². The summed E-state index contributed by atoms with van der Waals surface area (Å²) in [5.41, 5.74) is 0.903. The molecule has 6 heteroatoms.